The monoisotopic (exact) mass is 652 g/mol. The van der Waals surface area contributed by atoms with E-state index in [-0.39, 0.29) is 25.0 Å². The Kier molecular flexibility index (Phi) is 8.26. The van der Waals surface area contributed by atoms with Crippen molar-refractivity contribution in [2.45, 2.75) is 13.2 Å². The lowest BCUT2D eigenvalue weighted by Gasteiger charge is -2.07. The lowest BCUT2D eigenvalue weighted by atomic mass is 10.00. The summed E-state index contributed by atoms with van der Waals surface area (Å²) < 4.78 is 38.3. The number of aliphatic hydroxyl groups is 2. The number of fused-ring (bicyclic) bond motifs is 4. The molecule has 0 aliphatic carbocycles. The number of carbonyl (C=O) groups is 2. The van der Waals surface area contributed by atoms with Crippen LogP contribution in [-0.4, -0.2) is 48.3 Å². The zero-order valence-corrected chi connectivity index (χ0v) is 25.5. The van der Waals surface area contributed by atoms with E-state index in [9.17, 15) is 18.4 Å². The maximum Gasteiger partial charge on any atom is 0.260 e. The van der Waals surface area contributed by atoms with Gasteiger partial charge in [0.1, 0.15) is 36.4 Å². The van der Waals surface area contributed by atoms with E-state index in [0.717, 1.165) is 33.6 Å². The largest absolute Gasteiger partial charge is 0.487 e. The third-order valence-corrected chi connectivity index (χ3v) is 8.23. The number of nitrogens with one attached hydrogen (secondary N) is 4. The topological polar surface area (TPSA) is 141 Å². The quantitative estimate of drug-likeness (QED) is 0.157. The normalized spacial score (nSPS) is 18.0. The number of hydrogen-bond donors (Lipinski definition) is 6. The molecule has 0 saturated heterocycles. The molecule has 10 nitrogen and oxygen atoms in total. The van der Waals surface area contributed by atoms with Crippen LogP contribution in [0.4, 0.5) is 31.5 Å². The second-order valence-corrected chi connectivity index (χ2v) is 11.3. The molecular formula is C36H30F2N4O6. The second-order valence-electron chi connectivity index (χ2n) is 11.3. The fourth-order valence-electron chi connectivity index (χ4n) is 6.10. The van der Waals surface area contributed by atoms with Crippen LogP contribution < -0.4 is 21.3 Å². The first kappa shape index (κ1) is 30.9. The number of hydrogen-bond acceptors (Lipinski definition) is 8. The Labute approximate surface area is 273 Å². The first-order valence-corrected chi connectivity index (χ1v) is 15.3. The molecule has 0 bridgehead atoms. The number of aliphatic hydroxyl groups excluding tert-OH is 2. The van der Waals surface area contributed by atoms with Crippen LogP contribution in [0.5, 0.6) is 0 Å². The van der Waals surface area contributed by atoms with Crippen LogP contribution in [0.3, 0.4) is 0 Å². The van der Waals surface area contributed by atoms with E-state index in [1.807, 2.05) is 36.4 Å². The molecule has 48 heavy (non-hydrogen) atoms. The van der Waals surface area contributed by atoms with Gasteiger partial charge >= 0.3 is 0 Å². The zero-order chi connectivity index (χ0) is 33.4. The van der Waals surface area contributed by atoms with Crippen molar-refractivity contribution in [3.05, 3.63) is 118 Å². The average Bonchev–Trinajstić information content (AvgIpc) is 3.84. The van der Waals surface area contributed by atoms with Crippen molar-refractivity contribution in [2.24, 2.45) is 0 Å². The van der Waals surface area contributed by atoms with E-state index in [0.29, 0.717) is 71.5 Å². The Morgan fingerprint density at radius 1 is 0.604 bits per heavy atom. The summed E-state index contributed by atoms with van der Waals surface area (Å²) in [7, 11) is 0. The lowest BCUT2D eigenvalue weighted by molar-refractivity contribution is -0.111. The minimum absolute atomic E-state index is 0.0520. The highest BCUT2D eigenvalue weighted by Gasteiger charge is 2.34. The van der Waals surface area contributed by atoms with Gasteiger partial charge in [0.15, 0.2) is 0 Å². The second kappa shape index (κ2) is 12.8. The first-order chi connectivity index (χ1) is 23.3. The summed E-state index contributed by atoms with van der Waals surface area (Å²) in [6.07, 6.45) is 0. The standard InChI is InChI=1S/2C18H15FN2O3/c2*19-11-1-3-14-15(8-11)21-18(23)16(14)17-13-4-2-12(20-5-6-22)7-10(13)9-24-17/h2*1-4,7-8,20,22H,5-6,9H2,(H,21,23). The fourth-order valence-corrected chi connectivity index (χ4v) is 6.10. The molecule has 0 atom stereocenters. The van der Waals surface area contributed by atoms with E-state index in [4.69, 9.17) is 19.7 Å². The van der Waals surface area contributed by atoms with Crippen LogP contribution in [0.15, 0.2) is 72.8 Å². The fraction of sp³-hybridized carbons (Fsp3) is 0.167. The van der Waals surface area contributed by atoms with Gasteiger partial charge in [-0.3, -0.25) is 9.59 Å². The summed E-state index contributed by atoms with van der Waals surface area (Å²) in [6.45, 7) is 1.77. The van der Waals surface area contributed by atoms with E-state index < -0.39 is 11.6 Å². The molecule has 4 aliphatic heterocycles. The van der Waals surface area contributed by atoms with Gasteiger partial charge in [-0.1, -0.05) is 0 Å². The van der Waals surface area contributed by atoms with E-state index >= 15 is 0 Å². The van der Waals surface area contributed by atoms with Crippen LogP contribution in [0.2, 0.25) is 0 Å². The molecule has 2 amide bonds. The third-order valence-electron chi connectivity index (χ3n) is 8.23. The van der Waals surface area contributed by atoms with Gasteiger partial charge in [-0.05, 0) is 72.8 Å². The molecule has 0 fully saturated rings. The van der Waals surface area contributed by atoms with Crippen molar-refractivity contribution in [3.63, 3.8) is 0 Å². The molecule has 0 saturated carbocycles. The molecule has 0 radical (unpaired) electrons. The SMILES string of the molecule is O=C1Nc2cc(F)ccc2C1=C1OCc2cc(NCCO)ccc21.O=C1Nc2cc(F)ccc2C1=C1OCc2cc(NCCO)ccc21. The summed E-state index contributed by atoms with van der Waals surface area (Å²) in [5, 5.41) is 29.3. The van der Waals surface area contributed by atoms with Gasteiger partial charge in [-0.25, -0.2) is 8.78 Å². The molecule has 0 aromatic heterocycles. The molecule has 12 heteroatoms. The minimum Gasteiger partial charge on any atom is -0.487 e. The third kappa shape index (κ3) is 5.72. The van der Waals surface area contributed by atoms with Crippen molar-refractivity contribution in [1.82, 2.24) is 0 Å². The predicted octanol–water partition coefficient (Wildman–Crippen LogP) is 5.16. The summed E-state index contributed by atoms with van der Waals surface area (Å²) in [4.78, 5) is 24.7. The van der Waals surface area contributed by atoms with Crippen molar-refractivity contribution < 1.29 is 38.1 Å². The van der Waals surface area contributed by atoms with Crippen molar-refractivity contribution in [1.29, 1.82) is 0 Å². The Balaban J connectivity index is 0.000000152. The number of ether oxygens (including phenoxy) is 2. The Morgan fingerprint density at radius 2 is 1.02 bits per heavy atom. The van der Waals surface area contributed by atoms with Gasteiger partial charge in [0.05, 0.1) is 35.7 Å². The molecule has 4 heterocycles. The first-order valence-electron chi connectivity index (χ1n) is 15.3. The van der Waals surface area contributed by atoms with Crippen LogP contribution in [0, 0.1) is 11.6 Å². The van der Waals surface area contributed by atoms with Crippen LogP contribution >= 0.6 is 0 Å². The summed E-state index contributed by atoms with van der Waals surface area (Å²) in [5.41, 5.74) is 8.47. The smallest absolute Gasteiger partial charge is 0.260 e. The molecule has 244 valence electrons. The van der Waals surface area contributed by atoms with E-state index in [1.54, 1.807) is 12.1 Å². The minimum atomic E-state index is -0.396. The molecule has 4 aliphatic rings. The molecule has 6 N–H and O–H groups in total. The highest BCUT2D eigenvalue weighted by molar-refractivity contribution is 6.37. The van der Waals surface area contributed by atoms with Crippen LogP contribution in [0.1, 0.15) is 33.4 Å². The average molecular weight is 653 g/mol. The Bertz CT molecular complexity index is 1900. The summed E-state index contributed by atoms with van der Waals surface area (Å²) >= 11 is 0. The zero-order valence-electron chi connectivity index (χ0n) is 25.5. The van der Waals surface area contributed by atoms with Gasteiger partial charge in [-0.15, -0.1) is 0 Å². The van der Waals surface area contributed by atoms with Gasteiger partial charge in [0, 0.05) is 57.8 Å². The number of anilines is 4. The van der Waals surface area contributed by atoms with Gasteiger partial charge in [0.2, 0.25) is 0 Å². The summed E-state index contributed by atoms with van der Waals surface area (Å²) in [6, 6.07) is 19.9. The maximum atomic E-state index is 13.4. The number of carbonyl (C=O) groups excluding carboxylic acids is 2. The Morgan fingerprint density at radius 3 is 1.44 bits per heavy atom. The maximum absolute atomic E-state index is 13.4. The van der Waals surface area contributed by atoms with Gasteiger partial charge in [-0.2, -0.15) is 0 Å². The van der Waals surface area contributed by atoms with Crippen molar-refractivity contribution in [3.8, 4) is 0 Å². The molecule has 4 aromatic carbocycles. The van der Waals surface area contributed by atoms with Crippen LogP contribution in [-0.2, 0) is 32.3 Å². The van der Waals surface area contributed by atoms with Crippen molar-refractivity contribution >= 4 is 57.2 Å². The summed E-state index contributed by atoms with van der Waals surface area (Å²) in [5.74, 6) is -0.342. The molecule has 4 aromatic rings. The highest BCUT2D eigenvalue weighted by atomic mass is 19.1. The molecule has 8 rings (SSSR count). The molecular weight excluding hydrogens is 622 g/mol. The van der Waals surface area contributed by atoms with E-state index in [2.05, 4.69) is 21.3 Å². The molecule has 0 unspecified atom stereocenters. The van der Waals surface area contributed by atoms with E-state index in [1.165, 1.54) is 24.3 Å². The predicted molar refractivity (Wildman–Crippen MR) is 177 cm³/mol. The Hall–Kier alpha value is -5.72. The number of amides is 2. The number of rotatable bonds is 6. The van der Waals surface area contributed by atoms with Gasteiger partial charge in [0.25, 0.3) is 11.8 Å². The highest BCUT2D eigenvalue weighted by Crippen LogP contribution is 2.43. The number of halogens is 2. The molecule has 0 spiro atoms. The van der Waals surface area contributed by atoms with Crippen LogP contribution in [0.25, 0.3) is 22.7 Å². The lowest BCUT2D eigenvalue weighted by Crippen LogP contribution is -2.06. The number of benzene rings is 4. The van der Waals surface area contributed by atoms with Gasteiger partial charge < -0.3 is 41.0 Å². The van der Waals surface area contributed by atoms with Crippen molar-refractivity contribution in [2.75, 3.05) is 47.6 Å².